The van der Waals surface area contributed by atoms with Crippen LogP contribution in [-0.4, -0.2) is 51.9 Å². The summed E-state index contributed by atoms with van der Waals surface area (Å²) in [4.78, 5) is 25.1. The van der Waals surface area contributed by atoms with E-state index in [1.807, 2.05) is 41.0 Å². The van der Waals surface area contributed by atoms with E-state index < -0.39 is 19.8 Å². The molecule has 12 nitrogen and oxygen atoms in total. The number of aromatic nitrogens is 4. The number of carbonyl (C=O) groups excluding carboxylic acids is 1. The highest BCUT2D eigenvalue weighted by atomic mass is 31.2. The number of ether oxygens (including phenoxy) is 2. The Kier molecular flexibility index (Phi) is 7.69. The van der Waals surface area contributed by atoms with Gasteiger partial charge in [0, 0.05) is 11.4 Å². The summed E-state index contributed by atoms with van der Waals surface area (Å²) in [7, 11) is -2.47. The molecule has 0 bridgehead atoms. The Bertz CT molecular complexity index is 1530. The van der Waals surface area contributed by atoms with Gasteiger partial charge >= 0.3 is 13.7 Å². The van der Waals surface area contributed by atoms with Crippen LogP contribution in [0.3, 0.4) is 0 Å². The van der Waals surface area contributed by atoms with Gasteiger partial charge in [-0.05, 0) is 44.1 Å². The molecule has 2 atom stereocenters. The number of fused-ring (bicyclic) bond motifs is 2. The highest BCUT2D eigenvalue weighted by Crippen LogP contribution is 2.49. The smallest absolute Gasteiger partial charge is 0.459 e. The third kappa shape index (κ3) is 5.68. The van der Waals surface area contributed by atoms with Crippen molar-refractivity contribution in [1.29, 1.82) is 0 Å². The van der Waals surface area contributed by atoms with Crippen molar-refractivity contribution in [3.05, 3.63) is 48.8 Å². The zero-order valence-electron chi connectivity index (χ0n) is 21.9. The van der Waals surface area contributed by atoms with E-state index in [0.717, 1.165) is 23.6 Å². The highest BCUT2D eigenvalue weighted by Gasteiger charge is 2.37. The Labute approximate surface area is 225 Å². The standard InChI is InChI=1S/C26H31N6O6P/c1-4-36-25(33)16(2)31-39(34,38-21-11-7-9-18-8-5-6-10-20(18)21)37-14-17-12-19(13-17)32-15-28-22-23(32)29-26(27)30-24(22)35-3/h5-11,15-17,19H,4,12-14H2,1-3H3,(H,31,34)(H2,27,29,30)/t16-,17-,19+,39?/m0/s1. The Morgan fingerprint density at radius 2 is 1.97 bits per heavy atom. The molecule has 0 spiro atoms. The Hall–Kier alpha value is -3.73. The number of nitrogen functional groups attached to an aromatic ring is 1. The molecule has 0 radical (unpaired) electrons. The van der Waals surface area contributed by atoms with Gasteiger partial charge in [0.2, 0.25) is 11.8 Å². The SMILES string of the molecule is CCOC(=O)[C@H](C)NP(=O)(OC[C@H]1C[C@@H](n2cnc3c(OC)nc(N)nc32)C1)Oc1cccc2ccccc12. The summed E-state index contributed by atoms with van der Waals surface area (Å²) >= 11 is 0. The van der Waals surface area contributed by atoms with E-state index in [0.29, 0.717) is 22.8 Å². The van der Waals surface area contributed by atoms with Gasteiger partial charge < -0.3 is 24.3 Å². The number of hydrogen-bond donors (Lipinski definition) is 2. The van der Waals surface area contributed by atoms with Crippen LogP contribution in [-0.2, 0) is 18.6 Å². The van der Waals surface area contributed by atoms with Gasteiger partial charge in [-0.25, -0.2) is 9.55 Å². The summed E-state index contributed by atoms with van der Waals surface area (Å²) in [6, 6.07) is 12.3. The Morgan fingerprint density at radius 1 is 1.21 bits per heavy atom. The van der Waals surface area contributed by atoms with Crippen LogP contribution in [0.5, 0.6) is 11.6 Å². The number of nitrogens with zero attached hydrogens (tertiary/aromatic N) is 4. The molecule has 0 amide bonds. The van der Waals surface area contributed by atoms with Crippen molar-refractivity contribution in [2.24, 2.45) is 5.92 Å². The molecule has 1 unspecified atom stereocenters. The lowest BCUT2D eigenvalue weighted by molar-refractivity contribution is -0.144. The maximum absolute atomic E-state index is 14.0. The lowest BCUT2D eigenvalue weighted by Gasteiger charge is -2.36. The van der Waals surface area contributed by atoms with Gasteiger partial charge in [0.05, 0.1) is 26.7 Å². The molecule has 3 N–H and O–H groups in total. The quantitative estimate of drug-likeness (QED) is 0.202. The maximum Gasteiger partial charge on any atom is 0.459 e. The third-order valence-corrected chi connectivity index (χ3v) is 8.27. The van der Waals surface area contributed by atoms with E-state index in [4.69, 9.17) is 24.3 Å². The number of carbonyl (C=O) groups is 1. The van der Waals surface area contributed by atoms with Crippen LogP contribution in [0.15, 0.2) is 48.8 Å². The van der Waals surface area contributed by atoms with Crippen LogP contribution >= 0.6 is 7.75 Å². The molecule has 2 aromatic heterocycles. The molecule has 5 rings (SSSR count). The first-order valence-corrected chi connectivity index (χ1v) is 14.2. The summed E-state index contributed by atoms with van der Waals surface area (Å²) in [5.41, 5.74) is 6.97. The van der Waals surface area contributed by atoms with E-state index in [1.54, 1.807) is 26.2 Å². The van der Waals surface area contributed by atoms with Crippen molar-refractivity contribution < 1.29 is 27.9 Å². The van der Waals surface area contributed by atoms with Crippen LogP contribution in [0.4, 0.5) is 5.95 Å². The fourth-order valence-corrected chi connectivity index (χ4v) is 6.22. The highest BCUT2D eigenvalue weighted by molar-refractivity contribution is 7.52. The van der Waals surface area contributed by atoms with Gasteiger partial charge in [-0.15, -0.1) is 0 Å². The normalized spacial score (nSPS) is 19.3. The number of rotatable bonds is 11. The predicted molar refractivity (Wildman–Crippen MR) is 145 cm³/mol. The van der Waals surface area contributed by atoms with Crippen LogP contribution in [0.2, 0.25) is 0 Å². The van der Waals surface area contributed by atoms with E-state index in [2.05, 4.69) is 20.0 Å². The third-order valence-electron chi connectivity index (χ3n) is 6.64. The number of esters is 1. The lowest BCUT2D eigenvalue weighted by Crippen LogP contribution is -2.36. The molecule has 1 saturated carbocycles. The zero-order chi connectivity index (χ0) is 27.6. The van der Waals surface area contributed by atoms with Gasteiger partial charge in [-0.2, -0.15) is 15.1 Å². The van der Waals surface area contributed by atoms with Crippen molar-refractivity contribution in [1.82, 2.24) is 24.6 Å². The van der Waals surface area contributed by atoms with Gasteiger partial charge in [0.1, 0.15) is 11.8 Å². The molecular weight excluding hydrogens is 523 g/mol. The molecule has 39 heavy (non-hydrogen) atoms. The molecule has 206 valence electrons. The first kappa shape index (κ1) is 26.9. The summed E-state index contributed by atoms with van der Waals surface area (Å²) in [5, 5.41) is 4.46. The summed E-state index contributed by atoms with van der Waals surface area (Å²) in [6.07, 6.45) is 3.17. The summed E-state index contributed by atoms with van der Waals surface area (Å²) in [6.45, 7) is 3.63. The Balaban J connectivity index is 1.30. The number of hydrogen-bond acceptors (Lipinski definition) is 10. The topological polar surface area (TPSA) is 153 Å². The number of nitrogens with two attached hydrogens (primary N) is 1. The molecular formula is C26H31N6O6P. The number of benzene rings is 2. The van der Waals surface area contributed by atoms with E-state index in [9.17, 15) is 9.36 Å². The van der Waals surface area contributed by atoms with E-state index in [-0.39, 0.29) is 31.1 Å². The van der Waals surface area contributed by atoms with Crippen LogP contribution in [0.1, 0.15) is 32.7 Å². The monoisotopic (exact) mass is 554 g/mol. The van der Waals surface area contributed by atoms with Crippen LogP contribution in [0, 0.1) is 5.92 Å². The fraction of sp³-hybridized carbons (Fsp3) is 0.385. The Morgan fingerprint density at radius 3 is 2.74 bits per heavy atom. The second-order valence-electron chi connectivity index (χ2n) is 9.37. The first-order valence-electron chi connectivity index (χ1n) is 12.7. The van der Waals surface area contributed by atoms with E-state index >= 15 is 0 Å². The first-order chi connectivity index (χ1) is 18.8. The molecule has 0 aliphatic heterocycles. The number of anilines is 1. The fourth-order valence-electron chi connectivity index (χ4n) is 4.64. The number of methoxy groups -OCH3 is 1. The molecule has 1 aliphatic rings. The van der Waals surface area contributed by atoms with Gasteiger partial charge in [0.15, 0.2) is 11.2 Å². The van der Waals surface area contributed by atoms with E-state index in [1.165, 1.54) is 7.11 Å². The largest absolute Gasteiger partial charge is 0.479 e. The molecule has 13 heteroatoms. The van der Waals surface area contributed by atoms with Crippen molar-refractivity contribution in [3.63, 3.8) is 0 Å². The van der Waals surface area contributed by atoms with Crippen molar-refractivity contribution in [2.45, 2.75) is 38.8 Å². The summed E-state index contributed by atoms with van der Waals surface area (Å²) in [5.74, 6) is 0.368. The second-order valence-corrected chi connectivity index (χ2v) is 11.1. The molecule has 1 aliphatic carbocycles. The second kappa shape index (κ2) is 11.2. The minimum Gasteiger partial charge on any atom is -0.479 e. The van der Waals surface area contributed by atoms with Crippen molar-refractivity contribution in [2.75, 3.05) is 26.1 Å². The lowest BCUT2D eigenvalue weighted by atomic mass is 9.81. The predicted octanol–water partition coefficient (Wildman–Crippen LogP) is 4.27. The minimum absolute atomic E-state index is 0.0951. The van der Waals surface area contributed by atoms with Crippen molar-refractivity contribution >= 4 is 41.6 Å². The molecule has 2 heterocycles. The molecule has 4 aromatic rings. The average molecular weight is 555 g/mol. The number of imidazole rings is 1. The minimum atomic E-state index is -3.97. The molecule has 2 aromatic carbocycles. The molecule has 1 fully saturated rings. The maximum atomic E-state index is 14.0. The average Bonchev–Trinajstić information content (AvgIpc) is 3.31. The van der Waals surface area contributed by atoms with Gasteiger partial charge in [0.25, 0.3) is 0 Å². The van der Waals surface area contributed by atoms with Gasteiger partial charge in [-0.1, -0.05) is 36.4 Å². The zero-order valence-corrected chi connectivity index (χ0v) is 22.8. The van der Waals surface area contributed by atoms with Crippen LogP contribution < -0.4 is 20.1 Å². The van der Waals surface area contributed by atoms with Crippen LogP contribution in [0.25, 0.3) is 21.9 Å². The number of nitrogens with one attached hydrogen (secondary N) is 1. The van der Waals surface area contributed by atoms with Crippen molar-refractivity contribution in [3.8, 4) is 11.6 Å². The van der Waals surface area contributed by atoms with Gasteiger partial charge in [-0.3, -0.25) is 9.32 Å². The molecule has 0 saturated heterocycles. The summed E-state index contributed by atoms with van der Waals surface area (Å²) < 4.78 is 38.2.